The lowest BCUT2D eigenvalue weighted by atomic mass is 9.94. The van der Waals surface area contributed by atoms with Gasteiger partial charge in [0, 0.05) is 64.4 Å². The van der Waals surface area contributed by atoms with E-state index in [9.17, 15) is 14.4 Å². The molecular formula is C24H35N3O7. The molecule has 34 heavy (non-hydrogen) atoms. The molecule has 1 atom stereocenters. The molecular weight excluding hydrogens is 442 g/mol. The number of carbonyl (C=O) groups is 3. The Bertz CT molecular complexity index is 858. The van der Waals surface area contributed by atoms with Gasteiger partial charge in [-0.2, -0.15) is 0 Å². The molecule has 188 valence electrons. The first-order valence-electron chi connectivity index (χ1n) is 11.6. The maximum atomic E-state index is 13.2. The number of amides is 3. The third-order valence-corrected chi connectivity index (χ3v) is 6.44. The van der Waals surface area contributed by atoms with Crippen molar-refractivity contribution in [3.63, 3.8) is 0 Å². The van der Waals surface area contributed by atoms with Gasteiger partial charge in [-0.05, 0) is 19.3 Å². The lowest BCUT2D eigenvalue weighted by molar-refractivity contribution is -0.139. The van der Waals surface area contributed by atoms with Crippen molar-refractivity contribution in [1.82, 2.24) is 10.2 Å². The molecule has 10 heteroatoms. The average molecular weight is 478 g/mol. The Balaban J connectivity index is 1.58. The van der Waals surface area contributed by atoms with E-state index in [0.717, 1.165) is 6.42 Å². The van der Waals surface area contributed by atoms with Crippen molar-refractivity contribution in [2.24, 2.45) is 11.8 Å². The molecule has 0 spiro atoms. The molecule has 1 aromatic carbocycles. The minimum atomic E-state index is -0.425. The summed E-state index contributed by atoms with van der Waals surface area (Å²) in [5.41, 5.74) is 0.596. The molecule has 3 rings (SSSR count). The summed E-state index contributed by atoms with van der Waals surface area (Å²) in [5, 5.41) is 2.94. The number of ether oxygens (including phenoxy) is 4. The number of benzene rings is 1. The van der Waals surface area contributed by atoms with Crippen molar-refractivity contribution in [2.75, 3.05) is 66.1 Å². The van der Waals surface area contributed by atoms with Crippen molar-refractivity contribution in [3.05, 3.63) is 12.1 Å². The molecule has 0 aliphatic carbocycles. The molecule has 0 bridgehead atoms. The van der Waals surface area contributed by atoms with Gasteiger partial charge in [0.15, 0.2) is 11.5 Å². The van der Waals surface area contributed by atoms with Crippen LogP contribution >= 0.6 is 0 Å². The van der Waals surface area contributed by atoms with Gasteiger partial charge in [-0.25, -0.2) is 0 Å². The second-order valence-electron chi connectivity index (χ2n) is 8.53. The van der Waals surface area contributed by atoms with E-state index in [-0.39, 0.29) is 36.6 Å². The fraction of sp³-hybridized carbons (Fsp3) is 0.625. The predicted octanol–water partition coefficient (Wildman–Crippen LogP) is 1.46. The molecule has 1 aromatic rings. The molecule has 0 radical (unpaired) electrons. The van der Waals surface area contributed by atoms with Crippen LogP contribution in [0.15, 0.2) is 12.1 Å². The number of rotatable bonds is 10. The number of anilines is 1. The van der Waals surface area contributed by atoms with Gasteiger partial charge >= 0.3 is 0 Å². The monoisotopic (exact) mass is 477 g/mol. The van der Waals surface area contributed by atoms with Crippen LogP contribution in [0.5, 0.6) is 17.2 Å². The summed E-state index contributed by atoms with van der Waals surface area (Å²) in [6.07, 6.45) is 2.17. The number of nitrogens with one attached hydrogen (secondary N) is 1. The van der Waals surface area contributed by atoms with Gasteiger partial charge in [-0.15, -0.1) is 0 Å². The third kappa shape index (κ3) is 5.72. The summed E-state index contributed by atoms with van der Waals surface area (Å²) >= 11 is 0. The van der Waals surface area contributed by atoms with Gasteiger partial charge in [0.1, 0.15) is 0 Å². The summed E-state index contributed by atoms with van der Waals surface area (Å²) in [5.74, 6) is 0.689. The number of carbonyl (C=O) groups excluding carboxylic acids is 3. The second kappa shape index (κ2) is 11.9. The molecule has 2 fully saturated rings. The predicted molar refractivity (Wildman–Crippen MR) is 125 cm³/mol. The maximum Gasteiger partial charge on any atom is 0.228 e. The first-order valence-corrected chi connectivity index (χ1v) is 11.6. The van der Waals surface area contributed by atoms with Crippen LogP contribution in [-0.4, -0.2) is 83.8 Å². The minimum Gasteiger partial charge on any atom is -0.493 e. The Kier molecular flexibility index (Phi) is 8.98. The Labute approximate surface area is 200 Å². The molecule has 2 heterocycles. The first-order chi connectivity index (χ1) is 16.4. The van der Waals surface area contributed by atoms with Gasteiger partial charge in [0.05, 0.1) is 32.9 Å². The summed E-state index contributed by atoms with van der Waals surface area (Å²) in [7, 11) is 6.19. The fourth-order valence-corrected chi connectivity index (χ4v) is 4.54. The second-order valence-corrected chi connectivity index (χ2v) is 8.53. The van der Waals surface area contributed by atoms with E-state index in [1.54, 1.807) is 29.0 Å². The number of nitrogens with zero attached hydrogens (tertiary/aromatic N) is 2. The number of methoxy groups -OCH3 is 4. The summed E-state index contributed by atoms with van der Waals surface area (Å²) in [4.78, 5) is 41.7. The van der Waals surface area contributed by atoms with Gasteiger partial charge in [0.25, 0.3) is 0 Å². The molecule has 2 aliphatic heterocycles. The van der Waals surface area contributed by atoms with Crippen LogP contribution < -0.4 is 24.4 Å². The molecule has 0 aromatic heterocycles. The maximum absolute atomic E-state index is 13.2. The Hall–Kier alpha value is -3.01. The highest BCUT2D eigenvalue weighted by molar-refractivity contribution is 6.00. The van der Waals surface area contributed by atoms with Crippen LogP contribution in [0.1, 0.15) is 25.7 Å². The van der Waals surface area contributed by atoms with Gasteiger partial charge in [0.2, 0.25) is 23.5 Å². The lowest BCUT2D eigenvalue weighted by Crippen LogP contribution is -2.45. The molecule has 0 saturated carbocycles. The van der Waals surface area contributed by atoms with Crippen molar-refractivity contribution in [3.8, 4) is 17.2 Å². The highest BCUT2D eigenvalue weighted by atomic mass is 16.5. The highest BCUT2D eigenvalue weighted by Crippen LogP contribution is 2.42. The topological polar surface area (TPSA) is 107 Å². The fourth-order valence-electron chi connectivity index (χ4n) is 4.54. The molecule has 2 saturated heterocycles. The largest absolute Gasteiger partial charge is 0.493 e. The zero-order chi connectivity index (χ0) is 24.7. The van der Waals surface area contributed by atoms with Crippen LogP contribution in [0, 0.1) is 11.8 Å². The van der Waals surface area contributed by atoms with Crippen molar-refractivity contribution in [2.45, 2.75) is 25.7 Å². The van der Waals surface area contributed by atoms with Gasteiger partial charge < -0.3 is 34.1 Å². The van der Waals surface area contributed by atoms with Crippen LogP contribution in [0.4, 0.5) is 5.69 Å². The zero-order valence-corrected chi connectivity index (χ0v) is 20.4. The van der Waals surface area contributed by atoms with Crippen molar-refractivity contribution < 1.29 is 33.3 Å². The number of hydrogen-bond acceptors (Lipinski definition) is 7. The third-order valence-electron chi connectivity index (χ3n) is 6.44. The van der Waals surface area contributed by atoms with Crippen LogP contribution in [-0.2, 0) is 19.1 Å². The van der Waals surface area contributed by atoms with E-state index < -0.39 is 5.92 Å². The molecule has 2 aliphatic rings. The molecule has 10 nitrogen and oxygen atoms in total. The standard InChI is InChI=1S/C24H35N3O7/c1-31-11-5-8-25-23(29)16-6-9-26(10-7-16)24(30)17-12-21(28)27(15-17)18-13-19(32-2)22(34-4)20(14-18)33-3/h13-14,16-17H,5-12,15H2,1-4H3,(H,25,29). The summed E-state index contributed by atoms with van der Waals surface area (Å²) < 4.78 is 21.1. The molecule has 3 amide bonds. The van der Waals surface area contributed by atoms with Crippen LogP contribution in [0.25, 0.3) is 0 Å². The normalized spacial score (nSPS) is 18.7. The van der Waals surface area contributed by atoms with E-state index in [1.807, 2.05) is 0 Å². The van der Waals surface area contributed by atoms with Crippen LogP contribution in [0.3, 0.4) is 0 Å². The molecule has 1 N–H and O–H groups in total. The minimum absolute atomic E-state index is 0.0350. The Morgan fingerprint density at radius 3 is 2.21 bits per heavy atom. The van der Waals surface area contributed by atoms with Gasteiger partial charge in [-0.1, -0.05) is 0 Å². The van der Waals surface area contributed by atoms with E-state index in [4.69, 9.17) is 18.9 Å². The number of piperidine rings is 1. The van der Waals surface area contributed by atoms with E-state index in [2.05, 4.69) is 5.32 Å². The zero-order valence-electron chi connectivity index (χ0n) is 20.4. The van der Waals surface area contributed by atoms with E-state index >= 15 is 0 Å². The van der Waals surface area contributed by atoms with Crippen molar-refractivity contribution >= 4 is 23.4 Å². The molecule has 1 unspecified atom stereocenters. The Morgan fingerprint density at radius 2 is 1.65 bits per heavy atom. The smallest absolute Gasteiger partial charge is 0.228 e. The highest BCUT2D eigenvalue weighted by Gasteiger charge is 2.39. The van der Waals surface area contributed by atoms with Gasteiger partial charge in [-0.3, -0.25) is 14.4 Å². The average Bonchev–Trinajstić information content (AvgIpc) is 3.26. The number of hydrogen-bond donors (Lipinski definition) is 1. The SMILES string of the molecule is COCCCNC(=O)C1CCN(C(=O)C2CC(=O)N(c3cc(OC)c(OC)c(OC)c3)C2)CC1. The summed E-state index contributed by atoms with van der Waals surface area (Å²) in [6, 6.07) is 3.42. The van der Waals surface area contributed by atoms with E-state index in [0.29, 0.717) is 62.0 Å². The van der Waals surface area contributed by atoms with Crippen molar-refractivity contribution in [1.29, 1.82) is 0 Å². The summed E-state index contributed by atoms with van der Waals surface area (Å²) in [6.45, 7) is 2.52. The quantitative estimate of drug-likeness (QED) is 0.509. The number of likely N-dealkylation sites (tertiary alicyclic amines) is 1. The first kappa shape index (κ1) is 25.6. The Morgan fingerprint density at radius 1 is 1.00 bits per heavy atom. The lowest BCUT2D eigenvalue weighted by Gasteiger charge is -2.33. The van der Waals surface area contributed by atoms with E-state index in [1.165, 1.54) is 21.3 Å². The van der Waals surface area contributed by atoms with Crippen LogP contribution in [0.2, 0.25) is 0 Å².